The van der Waals surface area contributed by atoms with Crippen LogP contribution >= 0.6 is 0 Å². The minimum Gasteiger partial charge on any atom is -0.387 e. The van der Waals surface area contributed by atoms with E-state index in [0.29, 0.717) is 0 Å². The fourth-order valence-electron chi connectivity index (χ4n) is 5.50. The molecule has 1 N–H and O–H groups in total. The van der Waals surface area contributed by atoms with Crippen molar-refractivity contribution in [2.75, 3.05) is 0 Å². The van der Waals surface area contributed by atoms with Gasteiger partial charge in [0, 0.05) is 11.3 Å². The van der Waals surface area contributed by atoms with E-state index < -0.39 is 6.10 Å². The summed E-state index contributed by atoms with van der Waals surface area (Å²) in [5, 5.41) is 11.0. The number of benzene rings is 1. The van der Waals surface area contributed by atoms with Crippen LogP contribution in [0.3, 0.4) is 0 Å². The van der Waals surface area contributed by atoms with Crippen LogP contribution in [-0.2, 0) is 0 Å². The molecule has 0 heterocycles. The molecule has 0 aliphatic heterocycles. The Morgan fingerprint density at radius 3 is 1.63 bits per heavy atom. The van der Waals surface area contributed by atoms with Crippen LogP contribution in [0.1, 0.15) is 90.7 Å². The SMILES string of the molecule is CCCC1=C(CCC)C2(C=CC(C(O)c3ccccc3)C=C2)C(CCC)=C1CCC. The van der Waals surface area contributed by atoms with E-state index in [1.165, 1.54) is 38.5 Å². The maximum absolute atomic E-state index is 11.0. The van der Waals surface area contributed by atoms with Gasteiger partial charge in [0.25, 0.3) is 0 Å². The maximum Gasteiger partial charge on any atom is 0.0887 e. The molecule has 3 rings (SSSR count). The van der Waals surface area contributed by atoms with Crippen molar-refractivity contribution in [1.29, 1.82) is 0 Å². The van der Waals surface area contributed by atoms with Crippen molar-refractivity contribution >= 4 is 0 Å². The fraction of sp³-hybridized carbons (Fsp3) is 0.517. The lowest BCUT2D eigenvalue weighted by Gasteiger charge is -2.35. The van der Waals surface area contributed by atoms with E-state index in [0.717, 1.165) is 18.4 Å². The second-order valence-electron chi connectivity index (χ2n) is 8.93. The van der Waals surface area contributed by atoms with Gasteiger partial charge in [-0.3, -0.25) is 0 Å². The van der Waals surface area contributed by atoms with Crippen LogP contribution in [0.25, 0.3) is 0 Å². The smallest absolute Gasteiger partial charge is 0.0887 e. The third-order valence-electron chi connectivity index (χ3n) is 6.76. The van der Waals surface area contributed by atoms with E-state index in [-0.39, 0.29) is 11.3 Å². The standard InChI is InChI=1S/C29H40O/c1-5-12-24-25(13-6-2)27(15-8-4)29(26(24)14-7-3)20-18-23(19-21-29)28(30)22-16-10-9-11-17-22/h9-11,16-21,23,28,30H,5-8,12-15H2,1-4H3. The van der Waals surface area contributed by atoms with Crippen LogP contribution in [0.5, 0.6) is 0 Å². The molecule has 1 heteroatoms. The van der Waals surface area contributed by atoms with Gasteiger partial charge < -0.3 is 5.11 Å². The zero-order valence-electron chi connectivity index (χ0n) is 19.5. The number of hydrogen-bond donors (Lipinski definition) is 1. The Bertz CT molecular complexity index is 773. The highest BCUT2D eigenvalue weighted by Crippen LogP contribution is 2.56. The van der Waals surface area contributed by atoms with Crippen LogP contribution < -0.4 is 0 Å². The Morgan fingerprint density at radius 2 is 1.20 bits per heavy atom. The number of aliphatic hydroxyl groups is 1. The minimum atomic E-state index is -0.486. The molecule has 1 aromatic carbocycles. The molecule has 0 fully saturated rings. The molecular formula is C29H40O. The predicted octanol–water partition coefficient (Wildman–Crippen LogP) is 8.26. The quantitative estimate of drug-likeness (QED) is 0.389. The molecule has 162 valence electrons. The molecule has 2 aliphatic rings. The molecule has 0 radical (unpaired) electrons. The molecule has 30 heavy (non-hydrogen) atoms. The third kappa shape index (κ3) is 4.28. The molecule has 0 bridgehead atoms. The van der Waals surface area contributed by atoms with Crippen molar-refractivity contribution in [1.82, 2.24) is 0 Å². The van der Waals surface area contributed by atoms with Crippen molar-refractivity contribution in [3.8, 4) is 0 Å². The molecule has 0 saturated carbocycles. The topological polar surface area (TPSA) is 20.2 Å². The molecule has 1 unspecified atom stereocenters. The highest BCUT2D eigenvalue weighted by Gasteiger charge is 2.43. The lowest BCUT2D eigenvalue weighted by Crippen LogP contribution is -2.24. The molecule has 1 atom stereocenters. The Hall–Kier alpha value is -1.86. The summed E-state index contributed by atoms with van der Waals surface area (Å²) in [7, 11) is 0. The van der Waals surface area contributed by atoms with Crippen LogP contribution in [0, 0.1) is 11.3 Å². The molecule has 1 nitrogen and oxygen atoms in total. The van der Waals surface area contributed by atoms with Gasteiger partial charge in [-0.2, -0.15) is 0 Å². The summed E-state index contributed by atoms with van der Waals surface area (Å²) < 4.78 is 0. The van der Waals surface area contributed by atoms with Crippen molar-refractivity contribution in [2.24, 2.45) is 11.3 Å². The summed E-state index contributed by atoms with van der Waals surface area (Å²) in [6.07, 6.45) is 18.4. The van der Waals surface area contributed by atoms with Gasteiger partial charge in [0.05, 0.1) is 6.10 Å². The summed E-state index contributed by atoms with van der Waals surface area (Å²) in [5.74, 6) is 0.0358. The van der Waals surface area contributed by atoms with Gasteiger partial charge in [0.15, 0.2) is 0 Å². The third-order valence-corrected chi connectivity index (χ3v) is 6.76. The second kappa shape index (κ2) is 10.4. The van der Waals surface area contributed by atoms with Gasteiger partial charge in [0.1, 0.15) is 0 Å². The zero-order chi connectivity index (χ0) is 21.6. The molecule has 0 aromatic heterocycles. The van der Waals surface area contributed by atoms with Crippen LogP contribution in [0.4, 0.5) is 0 Å². The van der Waals surface area contributed by atoms with Crippen LogP contribution in [-0.4, -0.2) is 5.11 Å². The Morgan fingerprint density at radius 1 is 0.733 bits per heavy atom. The molecule has 1 spiro atoms. The summed E-state index contributed by atoms with van der Waals surface area (Å²) in [4.78, 5) is 0. The number of aliphatic hydroxyl groups excluding tert-OH is 1. The first-order chi connectivity index (χ1) is 14.6. The number of rotatable bonds is 10. The van der Waals surface area contributed by atoms with E-state index >= 15 is 0 Å². The predicted molar refractivity (Wildman–Crippen MR) is 129 cm³/mol. The van der Waals surface area contributed by atoms with Gasteiger partial charge in [-0.15, -0.1) is 0 Å². The number of hydrogen-bond acceptors (Lipinski definition) is 1. The molecule has 0 amide bonds. The van der Waals surface area contributed by atoms with E-state index in [9.17, 15) is 5.11 Å². The van der Waals surface area contributed by atoms with E-state index in [1.807, 2.05) is 30.3 Å². The van der Waals surface area contributed by atoms with Gasteiger partial charge in [-0.1, -0.05) is 108 Å². The van der Waals surface area contributed by atoms with Gasteiger partial charge in [0.2, 0.25) is 0 Å². The minimum absolute atomic E-state index is 0.0358. The van der Waals surface area contributed by atoms with Gasteiger partial charge >= 0.3 is 0 Å². The first kappa shape index (κ1) is 22.8. The van der Waals surface area contributed by atoms with Gasteiger partial charge in [-0.25, -0.2) is 0 Å². The molecule has 1 aromatic rings. The van der Waals surface area contributed by atoms with E-state index in [1.54, 1.807) is 22.3 Å². The summed E-state index contributed by atoms with van der Waals surface area (Å²) in [6.45, 7) is 9.23. The van der Waals surface area contributed by atoms with Crippen molar-refractivity contribution in [2.45, 2.75) is 85.2 Å². The highest BCUT2D eigenvalue weighted by molar-refractivity contribution is 5.60. The van der Waals surface area contributed by atoms with Crippen molar-refractivity contribution in [3.63, 3.8) is 0 Å². The van der Waals surface area contributed by atoms with Crippen LogP contribution in [0.15, 0.2) is 76.9 Å². The first-order valence-corrected chi connectivity index (χ1v) is 12.2. The first-order valence-electron chi connectivity index (χ1n) is 12.2. The number of allylic oxidation sites excluding steroid dienone is 6. The highest BCUT2D eigenvalue weighted by atomic mass is 16.3. The molecular weight excluding hydrogens is 364 g/mol. The fourth-order valence-corrected chi connectivity index (χ4v) is 5.50. The second-order valence-corrected chi connectivity index (χ2v) is 8.93. The van der Waals surface area contributed by atoms with Crippen LogP contribution in [0.2, 0.25) is 0 Å². The monoisotopic (exact) mass is 404 g/mol. The normalized spacial score (nSPS) is 19.4. The molecule has 0 saturated heterocycles. The Labute approximate surface area is 184 Å². The maximum atomic E-state index is 11.0. The summed E-state index contributed by atoms with van der Waals surface area (Å²) in [5.41, 5.74) is 7.53. The lowest BCUT2D eigenvalue weighted by atomic mass is 9.69. The van der Waals surface area contributed by atoms with Crippen molar-refractivity contribution < 1.29 is 5.11 Å². The van der Waals surface area contributed by atoms with Crippen molar-refractivity contribution in [3.05, 3.63) is 82.5 Å². The Balaban J connectivity index is 2.03. The largest absolute Gasteiger partial charge is 0.387 e. The molecule has 2 aliphatic carbocycles. The van der Waals surface area contributed by atoms with E-state index in [2.05, 4.69) is 52.0 Å². The summed E-state index contributed by atoms with van der Waals surface area (Å²) >= 11 is 0. The lowest BCUT2D eigenvalue weighted by molar-refractivity contribution is 0.149. The average molecular weight is 405 g/mol. The van der Waals surface area contributed by atoms with E-state index in [4.69, 9.17) is 0 Å². The Kier molecular flexibility index (Phi) is 7.94. The average Bonchev–Trinajstić information content (AvgIpc) is 2.99. The summed E-state index contributed by atoms with van der Waals surface area (Å²) in [6, 6.07) is 10.1. The van der Waals surface area contributed by atoms with Gasteiger partial charge in [-0.05, 0) is 53.5 Å². The zero-order valence-corrected chi connectivity index (χ0v) is 19.5.